The number of halogens is 1. The van der Waals surface area contributed by atoms with Crippen molar-refractivity contribution in [1.29, 1.82) is 0 Å². The van der Waals surface area contributed by atoms with Gasteiger partial charge in [0.15, 0.2) is 0 Å². The molecular formula is C11H9BrN2. The molecule has 0 aliphatic heterocycles. The SMILES string of the molecule is Cc1ncccc1-c1ccc(Br)cn1. The van der Waals surface area contributed by atoms with Crippen LogP contribution in [0.3, 0.4) is 0 Å². The lowest BCUT2D eigenvalue weighted by Crippen LogP contribution is -1.88. The van der Waals surface area contributed by atoms with Crippen molar-refractivity contribution >= 4 is 15.9 Å². The van der Waals surface area contributed by atoms with E-state index < -0.39 is 0 Å². The molecule has 0 atom stereocenters. The van der Waals surface area contributed by atoms with E-state index in [1.807, 2.05) is 31.2 Å². The maximum Gasteiger partial charge on any atom is 0.0721 e. The molecule has 2 rings (SSSR count). The second-order valence-electron chi connectivity index (χ2n) is 3.00. The van der Waals surface area contributed by atoms with Crippen LogP contribution in [0.2, 0.25) is 0 Å². The Labute approximate surface area is 91.2 Å². The molecule has 0 unspecified atom stereocenters. The average molecular weight is 249 g/mol. The van der Waals surface area contributed by atoms with Gasteiger partial charge in [-0.15, -0.1) is 0 Å². The van der Waals surface area contributed by atoms with Gasteiger partial charge in [0.25, 0.3) is 0 Å². The van der Waals surface area contributed by atoms with Crippen LogP contribution in [0.5, 0.6) is 0 Å². The molecule has 0 radical (unpaired) electrons. The highest BCUT2D eigenvalue weighted by atomic mass is 79.9. The van der Waals surface area contributed by atoms with Gasteiger partial charge in [0, 0.05) is 28.1 Å². The summed E-state index contributed by atoms with van der Waals surface area (Å²) in [5.41, 5.74) is 3.04. The molecule has 0 spiro atoms. The van der Waals surface area contributed by atoms with Crippen LogP contribution in [0, 0.1) is 6.92 Å². The zero-order chi connectivity index (χ0) is 9.97. The van der Waals surface area contributed by atoms with Gasteiger partial charge in [0.2, 0.25) is 0 Å². The van der Waals surface area contributed by atoms with E-state index in [0.29, 0.717) is 0 Å². The van der Waals surface area contributed by atoms with Crippen molar-refractivity contribution in [2.75, 3.05) is 0 Å². The molecule has 0 aromatic carbocycles. The summed E-state index contributed by atoms with van der Waals surface area (Å²) in [4.78, 5) is 8.55. The number of aromatic nitrogens is 2. The van der Waals surface area contributed by atoms with Crippen molar-refractivity contribution in [3.63, 3.8) is 0 Å². The van der Waals surface area contributed by atoms with Gasteiger partial charge >= 0.3 is 0 Å². The molecule has 0 amide bonds. The van der Waals surface area contributed by atoms with Crippen LogP contribution in [-0.4, -0.2) is 9.97 Å². The van der Waals surface area contributed by atoms with Crippen molar-refractivity contribution in [1.82, 2.24) is 9.97 Å². The predicted octanol–water partition coefficient (Wildman–Crippen LogP) is 3.21. The molecule has 0 N–H and O–H groups in total. The normalized spacial score (nSPS) is 10.1. The average Bonchev–Trinajstić information content (AvgIpc) is 2.20. The Morgan fingerprint density at radius 1 is 1.14 bits per heavy atom. The van der Waals surface area contributed by atoms with Crippen LogP contribution >= 0.6 is 15.9 Å². The monoisotopic (exact) mass is 248 g/mol. The molecule has 0 saturated carbocycles. The van der Waals surface area contributed by atoms with E-state index in [0.717, 1.165) is 21.4 Å². The van der Waals surface area contributed by atoms with Gasteiger partial charge in [0.1, 0.15) is 0 Å². The molecule has 2 heterocycles. The molecule has 70 valence electrons. The molecule has 2 aromatic rings. The Kier molecular flexibility index (Phi) is 2.59. The molecule has 14 heavy (non-hydrogen) atoms. The van der Waals surface area contributed by atoms with Crippen LogP contribution in [0.15, 0.2) is 41.1 Å². The summed E-state index contributed by atoms with van der Waals surface area (Å²) < 4.78 is 0.989. The highest BCUT2D eigenvalue weighted by molar-refractivity contribution is 9.10. The zero-order valence-corrected chi connectivity index (χ0v) is 9.32. The third-order valence-corrected chi connectivity index (χ3v) is 2.48. The maximum atomic E-state index is 4.32. The van der Waals surface area contributed by atoms with E-state index in [1.54, 1.807) is 12.4 Å². The van der Waals surface area contributed by atoms with E-state index in [1.165, 1.54) is 0 Å². The lowest BCUT2D eigenvalue weighted by Gasteiger charge is -2.03. The summed E-state index contributed by atoms with van der Waals surface area (Å²) in [5.74, 6) is 0. The van der Waals surface area contributed by atoms with Crippen LogP contribution in [0.25, 0.3) is 11.3 Å². The van der Waals surface area contributed by atoms with Gasteiger partial charge in [-0.05, 0) is 47.1 Å². The smallest absolute Gasteiger partial charge is 0.0721 e. The van der Waals surface area contributed by atoms with Gasteiger partial charge in [-0.25, -0.2) is 0 Å². The molecule has 0 aliphatic rings. The lowest BCUT2D eigenvalue weighted by atomic mass is 10.1. The van der Waals surface area contributed by atoms with Crippen LogP contribution in [0.1, 0.15) is 5.69 Å². The van der Waals surface area contributed by atoms with Crippen molar-refractivity contribution in [3.8, 4) is 11.3 Å². The van der Waals surface area contributed by atoms with Crippen molar-refractivity contribution in [2.45, 2.75) is 6.92 Å². The van der Waals surface area contributed by atoms with Gasteiger partial charge in [0.05, 0.1) is 5.69 Å². The topological polar surface area (TPSA) is 25.8 Å². The van der Waals surface area contributed by atoms with Gasteiger partial charge in [-0.2, -0.15) is 0 Å². The molecule has 2 aromatic heterocycles. The summed E-state index contributed by atoms with van der Waals surface area (Å²) >= 11 is 3.36. The summed E-state index contributed by atoms with van der Waals surface area (Å²) in [6.45, 7) is 1.99. The standard InChI is InChI=1S/C11H9BrN2/c1-8-10(3-2-6-13-8)11-5-4-9(12)7-14-11/h2-7H,1H3. The summed E-state index contributed by atoms with van der Waals surface area (Å²) in [6, 6.07) is 7.91. The Bertz CT molecular complexity index is 437. The van der Waals surface area contributed by atoms with E-state index in [4.69, 9.17) is 0 Å². The maximum absolute atomic E-state index is 4.32. The van der Waals surface area contributed by atoms with Crippen LogP contribution in [0.4, 0.5) is 0 Å². The summed E-state index contributed by atoms with van der Waals surface area (Å²) in [7, 11) is 0. The fraction of sp³-hybridized carbons (Fsp3) is 0.0909. The number of hydrogen-bond donors (Lipinski definition) is 0. The Morgan fingerprint density at radius 3 is 2.64 bits per heavy atom. The van der Waals surface area contributed by atoms with Crippen LogP contribution in [-0.2, 0) is 0 Å². The van der Waals surface area contributed by atoms with Crippen molar-refractivity contribution in [2.24, 2.45) is 0 Å². The fourth-order valence-corrected chi connectivity index (χ4v) is 1.52. The van der Waals surface area contributed by atoms with Gasteiger partial charge in [-0.3, -0.25) is 9.97 Å². The van der Waals surface area contributed by atoms with E-state index in [9.17, 15) is 0 Å². The predicted molar refractivity (Wildman–Crippen MR) is 59.9 cm³/mol. The minimum absolute atomic E-state index is 0.957. The Morgan fingerprint density at radius 2 is 2.00 bits per heavy atom. The van der Waals surface area contributed by atoms with Crippen molar-refractivity contribution < 1.29 is 0 Å². The number of pyridine rings is 2. The molecule has 0 bridgehead atoms. The molecule has 2 nitrogen and oxygen atoms in total. The van der Waals surface area contributed by atoms with Crippen molar-refractivity contribution in [3.05, 3.63) is 46.8 Å². The highest BCUT2D eigenvalue weighted by Crippen LogP contribution is 2.20. The second-order valence-corrected chi connectivity index (χ2v) is 3.91. The minimum Gasteiger partial charge on any atom is -0.261 e. The van der Waals surface area contributed by atoms with E-state index in [2.05, 4.69) is 25.9 Å². The van der Waals surface area contributed by atoms with E-state index in [-0.39, 0.29) is 0 Å². The summed E-state index contributed by atoms with van der Waals surface area (Å²) in [6.07, 6.45) is 3.58. The Balaban J connectivity index is 2.50. The van der Waals surface area contributed by atoms with Gasteiger partial charge < -0.3 is 0 Å². The first-order chi connectivity index (χ1) is 6.77. The fourth-order valence-electron chi connectivity index (χ4n) is 1.29. The first-order valence-electron chi connectivity index (χ1n) is 4.31. The van der Waals surface area contributed by atoms with Gasteiger partial charge in [-0.1, -0.05) is 0 Å². The highest BCUT2D eigenvalue weighted by Gasteiger charge is 2.02. The number of aryl methyl sites for hydroxylation is 1. The zero-order valence-electron chi connectivity index (χ0n) is 7.74. The molecule has 0 fully saturated rings. The van der Waals surface area contributed by atoms with Crippen LogP contribution < -0.4 is 0 Å². The molecule has 0 saturated heterocycles. The minimum atomic E-state index is 0.957. The largest absolute Gasteiger partial charge is 0.261 e. The molecule has 0 aliphatic carbocycles. The Hall–Kier alpha value is -1.22. The first-order valence-corrected chi connectivity index (χ1v) is 5.10. The number of nitrogens with zero attached hydrogens (tertiary/aromatic N) is 2. The molecule has 3 heteroatoms. The third-order valence-electron chi connectivity index (χ3n) is 2.01. The number of rotatable bonds is 1. The third kappa shape index (κ3) is 1.82. The number of hydrogen-bond acceptors (Lipinski definition) is 2. The second kappa shape index (κ2) is 3.88. The summed E-state index contributed by atoms with van der Waals surface area (Å²) in [5, 5.41) is 0. The van der Waals surface area contributed by atoms with E-state index >= 15 is 0 Å². The molecular weight excluding hydrogens is 240 g/mol. The first kappa shape index (κ1) is 9.34. The lowest BCUT2D eigenvalue weighted by molar-refractivity contribution is 1.18. The quantitative estimate of drug-likeness (QED) is 0.775.